The van der Waals surface area contributed by atoms with E-state index in [1.54, 1.807) is 43.3 Å². The Morgan fingerprint density at radius 3 is 2.61 bits per heavy atom. The van der Waals surface area contributed by atoms with Crippen molar-refractivity contribution in [1.82, 2.24) is 9.13 Å². The number of fused-ring (bicyclic) bond motifs is 1. The summed E-state index contributed by atoms with van der Waals surface area (Å²) < 4.78 is 16.0. The van der Waals surface area contributed by atoms with Gasteiger partial charge in [-0.05, 0) is 55.8 Å². The molecule has 31 heavy (non-hydrogen) atoms. The standard InChI is InChI=1S/C22H17ClFN3O3S/c1-12-6-7-15(10-18(12)24)25-19(28)11-26-21-17(8-13(2)31-21)20(29)27(22(26)30)16-5-3-4-14(23)9-16/h3-10H,11H2,1-2H3,(H,25,28). The largest absolute Gasteiger partial charge is 0.337 e. The lowest BCUT2D eigenvalue weighted by atomic mass is 10.2. The summed E-state index contributed by atoms with van der Waals surface area (Å²) >= 11 is 7.29. The third kappa shape index (κ3) is 4.04. The maximum absolute atomic E-state index is 13.8. The predicted molar refractivity (Wildman–Crippen MR) is 121 cm³/mol. The van der Waals surface area contributed by atoms with E-state index in [9.17, 15) is 18.8 Å². The second-order valence-electron chi connectivity index (χ2n) is 7.08. The molecule has 4 aromatic rings. The number of nitrogens with one attached hydrogen (secondary N) is 1. The topological polar surface area (TPSA) is 73.1 Å². The van der Waals surface area contributed by atoms with Crippen LogP contribution >= 0.6 is 22.9 Å². The number of aromatic nitrogens is 2. The summed E-state index contributed by atoms with van der Waals surface area (Å²) in [5.74, 6) is -0.963. The summed E-state index contributed by atoms with van der Waals surface area (Å²) in [5, 5.41) is 3.30. The molecule has 1 amide bonds. The molecule has 4 rings (SSSR count). The SMILES string of the molecule is Cc1cc2c(=O)n(-c3cccc(Cl)c3)c(=O)n(CC(=O)Nc3ccc(C)c(F)c3)c2s1. The van der Waals surface area contributed by atoms with Crippen LogP contribution in [0.2, 0.25) is 5.02 Å². The Hall–Kier alpha value is -3.23. The maximum Gasteiger partial charge on any atom is 0.337 e. The summed E-state index contributed by atoms with van der Waals surface area (Å²) in [6.07, 6.45) is 0. The lowest BCUT2D eigenvalue weighted by molar-refractivity contribution is -0.116. The van der Waals surface area contributed by atoms with Gasteiger partial charge in [0.25, 0.3) is 5.56 Å². The number of halogens is 2. The second-order valence-corrected chi connectivity index (χ2v) is 8.75. The average molecular weight is 458 g/mol. The van der Waals surface area contributed by atoms with Crippen molar-refractivity contribution >= 4 is 44.7 Å². The second kappa shape index (κ2) is 8.13. The fourth-order valence-electron chi connectivity index (χ4n) is 3.27. The molecule has 0 fully saturated rings. The molecule has 0 aliphatic rings. The Morgan fingerprint density at radius 2 is 1.90 bits per heavy atom. The highest BCUT2D eigenvalue weighted by Gasteiger charge is 2.19. The van der Waals surface area contributed by atoms with Crippen molar-refractivity contribution in [2.75, 3.05) is 5.32 Å². The van der Waals surface area contributed by atoms with Gasteiger partial charge in [-0.15, -0.1) is 11.3 Å². The number of anilines is 1. The molecule has 0 spiro atoms. The van der Waals surface area contributed by atoms with Crippen molar-refractivity contribution in [2.24, 2.45) is 0 Å². The van der Waals surface area contributed by atoms with Crippen LogP contribution in [0.3, 0.4) is 0 Å². The molecule has 2 heterocycles. The van der Waals surface area contributed by atoms with E-state index in [1.807, 2.05) is 6.92 Å². The number of hydrogen-bond donors (Lipinski definition) is 1. The number of carbonyl (C=O) groups is 1. The van der Waals surface area contributed by atoms with E-state index in [1.165, 1.54) is 28.0 Å². The van der Waals surface area contributed by atoms with E-state index in [0.29, 0.717) is 26.5 Å². The summed E-state index contributed by atoms with van der Waals surface area (Å²) in [7, 11) is 0. The zero-order chi connectivity index (χ0) is 22.3. The molecule has 0 atom stereocenters. The smallest absolute Gasteiger partial charge is 0.324 e. The monoisotopic (exact) mass is 457 g/mol. The van der Waals surface area contributed by atoms with E-state index in [4.69, 9.17) is 11.6 Å². The molecule has 0 radical (unpaired) electrons. The molecule has 0 aliphatic carbocycles. The number of hydrogen-bond acceptors (Lipinski definition) is 4. The average Bonchev–Trinajstić information content (AvgIpc) is 3.10. The van der Waals surface area contributed by atoms with Crippen molar-refractivity contribution < 1.29 is 9.18 Å². The molecule has 9 heteroatoms. The Balaban J connectivity index is 1.81. The molecule has 0 aliphatic heterocycles. The van der Waals surface area contributed by atoms with Crippen LogP contribution in [0.15, 0.2) is 58.1 Å². The number of benzene rings is 2. The Morgan fingerprint density at radius 1 is 1.13 bits per heavy atom. The highest BCUT2D eigenvalue weighted by atomic mass is 35.5. The zero-order valence-corrected chi connectivity index (χ0v) is 18.2. The number of rotatable bonds is 4. The molecule has 158 valence electrons. The van der Waals surface area contributed by atoms with Gasteiger partial charge in [0, 0.05) is 15.6 Å². The minimum atomic E-state index is -0.660. The fraction of sp³-hybridized carbons (Fsp3) is 0.136. The highest BCUT2D eigenvalue weighted by Crippen LogP contribution is 2.22. The van der Waals surface area contributed by atoms with Gasteiger partial charge in [-0.2, -0.15) is 0 Å². The Kier molecular flexibility index (Phi) is 5.51. The number of carbonyl (C=O) groups excluding carboxylic acids is 1. The quantitative estimate of drug-likeness (QED) is 0.497. The van der Waals surface area contributed by atoms with E-state index in [0.717, 1.165) is 9.44 Å². The maximum atomic E-state index is 13.8. The van der Waals surface area contributed by atoms with Crippen LogP contribution in [-0.2, 0) is 11.3 Å². The lowest BCUT2D eigenvalue weighted by Gasteiger charge is -2.13. The van der Waals surface area contributed by atoms with Crippen LogP contribution in [0.1, 0.15) is 10.4 Å². The Bertz CT molecular complexity index is 1450. The molecule has 0 saturated carbocycles. The lowest BCUT2D eigenvalue weighted by Crippen LogP contribution is -2.40. The van der Waals surface area contributed by atoms with Crippen LogP contribution in [-0.4, -0.2) is 15.0 Å². The van der Waals surface area contributed by atoms with E-state index in [2.05, 4.69) is 5.32 Å². The molecule has 2 aromatic heterocycles. The number of nitrogens with zero attached hydrogens (tertiary/aromatic N) is 2. The van der Waals surface area contributed by atoms with Gasteiger partial charge in [0.2, 0.25) is 5.91 Å². The molecular weight excluding hydrogens is 441 g/mol. The van der Waals surface area contributed by atoms with Gasteiger partial charge in [-0.1, -0.05) is 23.7 Å². The van der Waals surface area contributed by atoms with Crippen molar-refractivity contribution in [1.29, 1.82) is 0 Å². The molecule has 0 saturated heterocycles. The van der Waals surface area contributed by atoms with Gasteiger partial charge in [0.1, 0.15) is 17.2 Å². The van der Waals surface area contributed by atoms with E-state index < -0.39 is 23.0 Å². The van der Waals surface area contributed by atoms with Crippen LogP contribution in [0.5, 0.6) is 0 Å². The minimum Gasteiger partial charge on any atom is -0.324 e. The first kappa shape index (κ1) is 21.0. The van der Waals surface area contributed by atoms with E-state index >= 15 is 0 Å². The highest BCUT2D eigenvalue weighted by molar-refractivity contribution is 7.18. The normalized spacial score (nSPS) is 11.1. The third-order valence-corrected chi connectivity index (χ3v) is 6.07. The minimum absolute atomic E-state index is 0.280. The number of thiophene rings is 1. The summed E-state index contributed by atoms with van der Waals surface area (Å²) in [5.41, 5.74) is -0.0970. The third-order valence-electron chi connectivity index (χ3n) is 4.76. The fourth-order valence-corrected chi connectivity index (χ4v) is 4.44. The van der Waals surface area contributed by atoms with Gasteiger partial charge in [0.15, 0.2) is 0 Å². The summed E-state index contributed by atoms with van der Waals surface area (Å²) in [6.45, 7) is 3.10. The molecule has 1 N–H and O–H groups in total. The summed E-state index contributed by atoms with van der Waals surface area (Å²) in [6, 6.07) is 12.4. The molecular formula is C22H17ClFN3O3S. The summed E-state index contributed by atoms with van der Waals surface area (Å²) in [4.78, 5) is 40.2. The van der Waals surface area contributed by atoms with Crippen LogP contribution in [0, 0.1) is 19.7 Å². The molecule has 6 nitrogen and oxygen atoms in total. The van der Waals surface area contributed by atoms with Gasteiger partial charge in [-0.25, -0.2) is 13.8 Å². The van der Waals surface area contributed by atoms with Crippen molar-refractivity contribution in [3.05, 3.63) is 90.6 Å². The van der Waals surface area contributed by atoms with Crippen molar-refractivity contribution in [3.8, 4) is 5.69 Å². The van der Waals surface area contributed by atoms with Crippen LogP contribution in [0.25, 0.3) is 15.9 Å². The Labute approximate surface area is 185 Å². The van der Waals surface area contributed by atoms with Gasteiger partial charge >= 0.3 is 5.69 Å². The first-order chi connectivity index (χ1) is 14.7. The van der Waals surface area contributed by atoms with E-state index in [-0.39, 0.29) is 12.2 Å². The van der Waals surface area contributed by atoms with Crippen LogP contribution < -0.4 is 16.6 Å². The zero-order valence-electron chi connectivity index (χ0n) is 16.6. The number of aryl methyl sites for hydroxylation is 2. The molecule has 0 unspecified atom stereocenters. The van der Waals surface area contributed by atoms with Gasteiger partial charge in [0.05, 0.1) is 11.1 Å². The number of amides is 1. The van der Waals surface area contributed by atoms with Crippen molar-refractivity contribution in [3.63, 3.8) is 0 Å². The van der Waals surface area contributed by atoms with Gasteiger partial charge in [-0.3, -0.25) is 14.2 Å². The first-order valence-corrected chi connectivity index (χ1v) is 10.5. The van der Waals surface area contributed by atoms with Gasteiger partial charge < -0.3 is 5.32 Å². The van der Waals surface area contributed by atoms with Crippen LogP contribution in [0.4, 0.5) is 10.1 Å². The molecule has 2 aromatic carbocycles. The predicted octanol–water partition coefficient (Wildman–Crippen LogP) is 4.26. The first-order valence-electron chi connectivity index (χ1n) is 9.32. The van der Waals surface area contributed by atoms with Crippen molar-refractivity contribution in [2.45, 2.75) is 20.4 Å². The molecule has 0 bridgehead atoms.